The molecule has 2 unspecified atom stereocenters. The van der Waals surface area contributed by atoms with Gasteiger partial charge >= 0.3 is 0 Å². The summed E-state index contributed by atoms with van der Waals surface area (Å²) in [5.41, 5.74) is 6.96. The zero-order valence-corrected chi connectivity index (χ0v) is 10.1. The Balaban J connectivity index is 1.83. The number of hydrogen-bond acceptors (Lipinski definition) is 4. The third-order valence-electron chi connectivity index (χ3n) is 2.94. The molecule has 0 radical (unpaired) electrons. The average Bonchev–Trinajstić information content (AvgIpc) is 2.72. The Labute approximate surface area is 94.7 Å². The van der Waals surface area contributed by atoms with Crippen LogP contribution in [-0.2, 0) is 11.3 Å². The van der Waals surface area contributed by atoms with Crippen molar-refractivity contribution < 1.29 is 4.74 Å². The molecule has 2 rings (SSSR count). The monoisotopic (exact) mass is 226 g/mol. The normalized spacial score (nSPS) is 26.1. The first-order valence-electron chi connectivity index (χ1n) is 5.45. The van der Waals surface area contributed by atoms with Gasteiger partial charge in [0, 0.05) is 10.9 Å². The maximum Gasteiger partial charge on any atom is 0.119 e. The van der Waals surface area contributed by atoms with Gasteiger partial charge in [-0.25, -0.2) is 4.98 Å². The number of nitrogens with two attached hydrogens (primary N) is 1. The predicted molar refractivity (Wildman–Crippen MR) is 62.0 cm³/mol. The van der Waals surface area contributed by atoms with Crippen LogP contribution in [0, 0.1) is 13.8 Å². The van der Waals surface area contributed by atoms with Crippen LogP contribution in [0.4, 0.5) is 0 Å². The highest BCUT2D eigenvalue weighted by Crippen LogP contribution is 2.23. The first kappa shape index (κ1) is 11.0. The van der Waals surface area contributed by atoms with Gasteiger partial charge in [0.05, 0.1) is 18.4 Å². The van der Waals surface area contributed by atoms with Crippen molar-refractivity contribution in [1.29, 1.82) is 0 Å². The molecule has 84 valence electrons. The van der Waals surface area contributed by atoms with E-state index in [4.69, 9.17) is 10.5 Å². The molecule has 1 saturated carbocycles. The Bertz CT molecular complexity index is 318. The molecule has 4 heteroatoms. The van der Waals surface area contributed by atoms with E-state index in [-0.39, 0.29) is 0 Å². The molecule has 3 nitrogen and oxygen atoms in total. The Morgan fingerprint density at radius 3 is 2.80 bits per heavy atom. The zero-order valence-electron chi connectivity index (χ0n) is 9.32. The minimum absolute atomic E-state index is 0.342. The molecule has 2 N–H and O–H groups in total. The lowest BCUT2D eigenvalue weighted by Crippen LogP contribution is -2.17. The van der Waals surface area contributed by atoms with E-state index in [1.165, 1.54) is 4.88 Å². The van der Waals surface area contributed by atoms with Crippen LogP contribution >= 0.6 is 11.3 Å². The van der Waals surface area contributed by atoms with Crippen molar-refractivity contribution in [3.05, 3.63) is 15.6 Å². The van der Waals surface area contributed by atoms with Gasteiger partial charge in [0.15, 0.2) is 0 Å². The molecule has 1 aliphatic rings. The highest BCUT2D eigenvalue weighted by atomic mass is 32.1. The van der Waals surface area contributed by atoms with Gasteiger partial charge in [0.2, 0.25) is 0 Å². The Hall–Kier alpha value is -0.450. The molecule has 0 bridgehead atoms. The largest absolute Gasteiger partial charge is 0.371 e. The van der Waals surface area contributed by atoms with Crippen molar-refractivity contribution in [2.75, 3.05) is 0 Å². The minimum Gasteiger partial charge on any atom is -0.371 e. The van der Waals surface area contributed by atoms with Crippen molar-refractivity contribution >= 4 is 11.3 Å². The Morgan fingerprint density at radius 2 is 2.27 bits per heavy atom. The number of nitrogens with zero attached hydrogens (tertiary/aromatic N) is 1. The maximum atomic E-state index is 5.83. The zero-order chi connectivity index (χ0) is 10.8. The van der Waals surface area contributed by atoms with Crippen LogP contribution in [0.5, 0.6) is 0 Å². The van der Waals surface area contributed by atoms with Gasteiger partial charge in [-0.15, -0.1) is 11.3 Å². The molecule has 0 aromatic carbocycles. The van der Waals surface area contributed by atoms with E-state index in [9.17, 15) is 0 Å². The fourth-order valence-corrected chi connectivity index (χ4v) is 2.77. The van der Waals surface area contributed by atoms with Gasteiger partial charge in [-0.1, -0.05) is 0 Å². The summed E-state index contributed by atoms with van der Waals surface area (Å²) in [5.74, 6) is 0. The highest BCUT2D eigenvalue weighted by molar-refractivity contribution is 7.11. The number of hydrogen-bond donors (Lipinski definition) is 1. The second-order valence-corrected chi connectivity index (χ2v) is 5.54. The minimum atomic E-state index is 0.342. The molecule has 1 heterocycles. The molecule has 2 atom stereocenters. The Morgan fingerprint density at radius 1 is 1.47 bits per heavy atom. The fourth-order valence-electron chi connectivity index (χ4n) is 1.91. The second kappa shape index (κ2) is 4.60. The lowest BCUT2D eigenvalue weighted by atomic mass is 10.3. The summed E-state index contributed by atoms with van der Waals surface area (Å²) in [4.78, 5) is 5.74. The van der Waals surface area contributed by atoms with Crippen molar-refractivity contribution in [3.63, 3.8) is 0 Å². The third kappa shape index (κ3) is 2.77. The van der Waals surface area contributed by atoms with Gasteiger partial charge in [0.25, 0.3) is 0 Å². The van der Waals surface area contributed by atoms with E-state index in [1.807, 2.05) is 6.92 Å². The lowest BCUT2D eigenvalue weighted by Gasteiger charge is -2.09. The van der Waals surface area contributed by atoms with E-state index in [0.29, 0.717) is 18.8 Å². The topological polar surface area (TPSA) is 48.1 Å². The third-order valence-corrected chi connectivity index (χ3v) is 3.99. The maximum absolute atomic E-state index is 5.83. The second-order valence-electron chi connectivity index (χ2n) is 4.26. The number of rotatable bonds is 3. The number of aryl methyl sites for hydroxylation is 2. The standard InChI is InChI=1S/C11H18N2OS/c1-7-8(2)15-11(13-7)6-14-10-4-3-9(12)5-10/h9-10H,3-6,12H2,1-2H3. The molecular weight excluding hydrogens is 208 g/mol. The lowest BCUT2D eigenvalue weighted by molar-refractivity contribution is 0.0447. The van der Waals surface area contributed by atoms with Gasteiger partial charge in [-0.2, -0.15) is 0 Å². The van der Waals surface area contributed by atoms with Crippen molar-refractivity contribution in [3.8, 4) is 0 Å². The highest BCUT2D eigenvalue weighted by Gasteiger charge is 2.22. The van der Waals surface area contributed by atoms with Gasteiger partial charge < -0.3 is 10.5 Å². The SMILES string of the molecule is Cc1nc(COC2CCC(N)C2)sc1C. The van der Waals surface area contributed by atoms with E-state index < -0.39 is 0 Å². The molecular formula is C11H18N2OS. The molecule has 15 heavy (non-hydrogen) atoms. The molecule has 1 aromatic heterocycles. The summed E-state index contributed by atoms with van der Waals surface area (Å²) in [6.45, 7) is 4.79. The molecule has 1 aliphatic carbocycles. The fraction of sp³-hybridized carbons (Fsp3) is 0.727. The van der Waals surface area contributed by atoms with Crippen LogP contribution in [0.2, 0.25) is 0 Å². The van der Waals surface area contributed by atoms with Crippen LogP contribution < -0.4 is 5.73 Å². The molecule has 1 fully saturated rings. The number of aromatic nitrogens is 1. The van der Waals surface area contributed by atoms with Crippen LogP contribution in [0.1, 0.15) is 34.8 Å². The Kier molecular flexibility index (Phi) is 3.38. The predicted octanol–water partition coefficient (Wildman–Crippen LogP) is 2.16. The van der Waals surface area contributed by atoms with Crippen molar-refractivity contribution in [2.24, 2.45) is 5.73 Å². The summed E-state index contributed by atoms with van der Waals surface area (Å²) >= 11 is 1.73. The average molecular weight is 226 g/mol. The van der Waals surface area contributed by atoms with Gasteiger partial charge in [-0.3, -0.25) is 0 Å². The summed E-state index contributed by atoms with van der Waals surface area (Å²) in [6.07, 6.45) is 3.55. The number of thiazole rings is 1. The van der Waals surface area contributed by atoms with E-state index in [0.717, 1.165) is 30.0 Å². The quantitative estimate of drug-likeness (QED) is 0.859. The van der Waals surface area contributed by atoms with Crippen LogP contribution in [0.15, 0.2) is 0 Å². The van der Waals surface area contributed by atoms with Gasteiger partial charge in [0.1, 0.15) is 5.01 Å². The molecule has 0 saturated heterocycles. The van der Waals surface area contributed by atoms with E-state index >= 15 is 0 Å². The molecule has 0 aliphatic heterocycles. The van der Waals surface area contributed by atoms with Crippen LogP contribution in [0.3, 0.4) is 0 Å². The summed E-state index contributed by atoms with van der Waals surface area (Å²) in [5, 5.41) is 1.09. The van der Waals surface area contributed by atoms with Crippen LogP contribution in [0.25, 0.3) is 0 Å². The van der Waals surface area contributed by atoms with Gasteiger partial charge in [-0.05, 0) is 33.1 Å². The summed E-state index contributed by atoms with van der Waals surface area (Å²) in [6, 6.07) is 0.342. The summed E-state index contributed by atoms with van der Waals surface area (Å²) in [7, 11) is 0. The molecule has 1 aromatic rings. The summed E-state index contributed by atoms with van der Waals surface area (Å²) < 4.78 is 5.80. The van der Waals surface area contributed by atoms with Crippen molar-refractivity contribution in [2.45, 2.75) is 51.9 Å². The van der Waals surface area contributed by atoms with Crippen molar-refractivity contribution in [1.82, 2.24) is 4.98 Å². The van der Waals surface area contributed by atoms with E-state index in [2.05, 4.69) is 11.9 Å². The number of ether oxygens (including phenoxy) is 1. The molecule has 0 spiro atoms. The smallest absolute Gasteiger partial charge is 0.119 e. The van der Waals surface area contributed by atoms with E-state index in [1.54, 1.807) is 11.3 Å². The van der Waals surface area contributed by atoms with Crippen LogP contribution in [-0.4, -0.2) is 17.1 Å². The first-order valence-corrected chi connectivity index (χ1v) is 6.27. The molecule has 0 amide bonds. The first-order chi connectivity index (χ1) is 7.15.